The van der Waals surface area contributed by atoms with Crippen LogP contribution in [0.5, 0.6) is 5.75 Å². The smallest absolute Gasteiger partial charge is 0.133 e. The van der Waals surface area contributed by atoms with Gasteiger partial charge in [0.05, 0.1) is 0 Å². The lowest BCUT2D eigenvalue weighted by Crippen LogP contribution is -2.46. The fourth-order valence-electron chi connectivity index (χ4n) is 4.70. The van der Waals surface area contributed by atoms with E-state index in [-0.39, 0.29) is 0 Å². The Bertz CT molecular complexity index is 868. The van der Waals surface area contributed by atoms with Gasteiger partial charge in [-0.15, -0.1) is 0 Å². The van der Waals surface area contributed by atoms with Gasteiger partial charge in [-0.25, -0.2) is 0 Å². The van der Waals surface area contributed by atoms with Crippen molar-refractivity contribution in [3.63, 3.8) is 0 Å². The second-order valence-electron chi connectivity index (χ2n) is 8.82. The lowest BCUT2D eigenvalue weighted by Gasteiger charge is -2.38. The maximum Gasteiger partial charge on any atom is 0.133 e. The largest absolute Gasteiger partial charge is 0.484 e. The monoisotopic (exact) mass is 380 g/mol. The molecule has 1 fully saturated rings. The third kappa shape index (κ3) is 3.19. The molecule has 2 aromatic carbocycles. The molecule has 0 aromatic heterocycles. The summed E-state index contributed by atoms with van der Waals surface area (Å²) >= 11 is 0. The second-order valence-corrected chi connectivity index (χ2v) is 8.82. The van der Waals surface area contributed by atoms with Crippen molar-refractivity contribution in [2.24, 2.45) is 0 Å². The van der Waals surface area contributed by atoms with Crippen LogP contribution in [-0.4, -0.2) is 41.8 Å². The summed E-state index contributed by atoms with van der Waals surface area (Å²) in [7, 11) is 0. The topological polar surface area (TPSA) is 35.9 Å². The summed E-state index contributed by atoms with van der Waals surface area (Å²) < 4.78 is 6.15. The minimum absolute atomic E-state index is 0.572. The lowest BCUT2D eigenvalue weighted by atomic mass is 9.89. The van der Waals surface area contributed by atoms with Crippen LogP contribution in [0.3, 0.4) is 0 Å². The van der Waals surface area contributed by atoms with Crippen LogP contribution in [0.4, 0.5) is 5.69 Å². The zero-order chi connectivity index (χ0) is 20.1. The summed E-state index contributed by atoms with van der Waals surface area (Å²) in [6.07, 6.45) is -0.583. The van der Waals surface area contributed by atoms with E-state index in [2.05, 4.69) is 60.9 Å². The molecule has 1 unspecified atom stereocenters. The number of piperazine rings is 1. The molecule has 1 saturated heterocycles. The van der Waals surface area contributed by atoms with E-state index in [1.54, 1.807) is 0 Å². The van der Waals surface area contributed by atoms with Gasteiger partial charge < -0.3 is 14.7 Å². The molecule has 1 N–H and O–H groups in total. The van der Waals surface area contributed by atoms with Gasteiger partial charge in [-0.2, -0.15) is 0 Å². The van der Waals surface area contributed by atoms with Gasteiger partial charge in [0.2, 0.25) is 0 Å². The van der Waals surface area contributed by atoms with Crippen molar-refractivity contribution in [1.82, 2.24) is 4.90 Å². The van der Waals surface area contributed by atoms with Crippen LogP contribution in [-0.2, 0) is 6.54 Å². The lowest BCUT2D eigenvalue weighted by molar-refractivity contribution is 0.000145. The molecule has 2 heterocycles. The Hall–Kier alpha value is -2.04. The Morgan fingerprint density at radius 3 is 2.25 bits per heavy atom. The van der Waals surface area contributed by atoms with Gasteiger partial charge in [0.15, 0.2) is 0 Å². The molecular weight excluding hydrogens is 348 g/mol. The highest BCUT2D eigenvalue weighted by Crippen LogP contribution is 2.50. The summed E-state index contributed by atoms with van der Waals surface area (Å²) in [5.41, 5.74) is 6.68. The van der Waals surface area contributed by atoms with Crippen LogP contribution in [0.25, 0.3) is 0 Å². The standard InChI is InChI=1S/C24H32N2O2/c1-16-17(2)22-20(23(27)24(4,5)28-22)18(3)21(16)26-13-11-25(12-14-26)15-19-9-7-6-8-10-19/h6-10,23,27H,11-15H2,1-5H3. The van der Waals surface area contributed by atoms with Gasteiger partial charge in [0.1, 0.15) is 17.5 Å². The average molecular weight is 381 g/mol. The summed E-state index contributed by atoms with van der Waals surface area (Å²) in [6, 6.07) is 10.7. The summed E-state index contributed by atoms with van der Waals surface area (Å²) in [5, 5.41) is 10.9. The van der Waals surface area contributed by atoms with E-state index >= 15 is 0 Å². The van der Waals surface area contributed by atoms with Crippen molar-refractivity contribution in [3.8, 4) is 5.75 Å². The zero-order valence-corrected chi connectivity index (χ0v) is 17.7. The van der Waals surface area contributed by atoms with E-state index in [0.29, 0.717) is 0 Å². The third-order valence-corrected chi connectivity index (χ3v) is 6.50. The molecule has 1 atom stereocenters. The Labute approximate surface area is 168 Å². The van der Waals surface area contributed by atoms with Crippen LogP contribution >= 0.6 is 0 Å². The van der Waals surface area contributed by atoms with E-state index in [1.165, 1.54) is 22.4 Å². The number of fused-ring (bicyclic) bond motifs is 1. The van der Waals surface area contributed by atoms with E-state index in [9.17, 15) is 5.11 Å². The molecule has 2 aliphatic rings. The Morgan fingerprint density at radius 2 is 1.61 bits per heavy atom. The normalized spacial score (nSPS) is 21.5. The Morgan fingerprint density at radius 1 is 0.964 bits per heavy atom. The van der Waals surface area contributed by atoms with E-state index in [0.717, 1.165) is 49.6 Å². The van der Waals surface area contributed by atoms with Gasteiger partial charge in [-0.05, 0) is 56.9 Å². The van der Waals surface area contributed by atoms with Gasteiger partial charge in [-0.3, -0.25) is 4.90 Å². The first kappa shape index (κ1) is 19.3. The number of nitrogens with zero attached hydrogens (tertiary/aromatic N) is 2. The number of hydrogen-bond acceptors (Lipinski definition) is 4. The predicted octanol–water partition coefficient (Wildman–Crippen LogP) is 4.14. The maximum atomic E-state index is 10.9. The number of aliphatic hydroxyl groups is 1. The van der Waals surface area contributed by atoms with Crippen molar-refractivity contribution in [1.29, 1.82) is 0 Å². The third-order valence-electron chi connectivity index (χ3n) is 6.50. The number of aliphatic hydroxyl groups excluding tert-OH is 1. The fourth-order valence-corrected chi connectivity index (χ4v) is 4.70. The van der Waals surface area contributed by atoms with Crippen molar-refractivity contribution < 1.29 is 9.84 Å². The average Bonchev–Trinajstić information content (AvgIpc) is 2.92. The highest BCUT2D eigenvalue weighted by Gasteiger charge is 2.43. The van der Waals surface area contributed by atoms with Crippen LogP contribution in [0.15, 0.2) is 30.3 Å². The molecule has 0 aliphatic carbocycles. The first-order valence-corrected chi connectivity index (χ1v) is 10.3. The van der Waals surface area contributed by atoms with Gasteiger partial charge in [0, 0.05) is 44.0 Å². The van der Waals surface area contributed by atoms with E-state index in [4.69, 9.17) is 4.74 Å². The van der Waals surface area contributed by atoms with Gasteiger partial charge in [-0.1, -0.05) is 30.3 Å². The first-order valence-electron chi connectivity index (χ1n) is 10.3. The van der Waals surface area contributed by atoms with Gasteiger partial charge in [0.25, 0.3) is 0 Å². The first-order chi connectivity index (χ1) is 13.3. The number of anilines is 1. The fraction of sp³-hybridized carbons (Fsp3) is 0.500. The van der Waals surface area contributed by atoms with Crippen molar-refractivity contribution >= 4 is 5.69 Å². The molecule has 0 bridgehead atoms. The van der Waals surface area contributed by atoms with Crippen LogP contribution in [0.2, 0.25) is 0 Å². The Kier molecular flexibility index (Phi) is 4.88. The molecule has 28 heavy (non-hydrogen) atoms. The highest BCUT2D eigenvalue weighted by molar-refractivity contribution is 5.70. The number of ether oxygens (including phenoxy) is 1. The molecule has 4 heteroatoms. The highest BCUT2D eigenvalue weighted by atomic mass is 16.5. The molecule has 4 rings (SSSR count). The summed E-state index contributed by atoms with van der Waals surface area (Å²) in [6.45, 7) is 15.5. The minimum atomic E-state index is -0.583. The SMILES string of the molecule is Cc1c(C)c(N2CCN(Cc3ccccc3)CC2)c(C)c2c1OC(C)(C)C2O. The van der Waals surface area contributed by atoms with Crippen LogP contribution in [0, 0.1) is 20.8 Å². The molecule has 0 amide bonds. The van der Waals surface area contributed by atoms with Crippen molar-refractivity contribution in [2.45, 2.75) is 52.9 Å². The van der Waals surface area contributed by atoms with Crippen molar-refractivity contribution in [2.75, 3.05) is 31.1 Å². The summed E-state index contributed by atoms with van der Waals surface area (Å²) in [5.74, 6) is 0.888. The molecule has 0 spiro atoms. The molecule has 2 aromatic rings. The zero-order valence-electron chi connectivity index (χ0n) is 17.7. The number of rotatable bonds is 3. The van der Waals surface area contributed by atoms with Crippen LogP contribution in [0.1, 0.15) is 47.8 Å². The molecule has 150 valence electrons. The quantitative estimate of drug-likeness (QED) is 0.868. The van der Waals surface area contributed by atoms with Gasteiger partial charge >= 0.3 is 0 Å². The molecule has 2 aliphatic heterocycles. The van der Waals surface area contributed by atoms with Crippen LogP contribution < -0.4 is 9.64 Å². The predicted molar refractivity (Wildman–Crippen MR) is 114 cm³/mol. The molecular formula is C24H32N2O2. The molecule has 0 radical (unpaired) electrons. The second kappa shape index (κ2) is 7.09. The van der Waals surface area contributed by atoms with E-state index in [1.807, 2.05) is 13.8 Å². The molecule has 0 saturated carbocycles. The summed E-state index contributed by atoms with van der Waals surface area (Å²) in [4.78, 5) is 5.02. The molecule has 4 nitrogen and oxygen atoms in total. The maximum absolute atomic E-state index is 10.9. The number of benzene rings is 2. The minimum Gasteiger partial charge on any atom is -0.484 e. The number of hydrogen-bond donors (Lipinski definition) is 1. The van der Waals surface area contributed by atoms with Crippen molar-refractivity contribution in [3.05, 3.63) is 58.1 Å². The van der Waals surface area contributed by atoms with E-state index < -0.39 is 11.7 Å². The Balaban J connectivity index is 1.57.